The lowest BCUT2D eigenvalue weighted by atomic mass is 10.0. The van der Waals surface area contributed by atoms with Gasteiger partial charge >= 0.3 is 0 Å². The Balaban J connectivity index is 2.68. The molecule has 76 valence electrons. The zero-order valence-corrected chi connectivity index (χ0v) is 7.20. The fourth-order valence-corrected chi connectivity index (χ4v) is 1.29. The molecule has 1 atom stereocenters. The smallest absolute Gasteiger partial charge is 0.168 e. The highest BCUT2D eigenvalue weighted by atomic mass is 19.2. The third-order valence-electron chi connectivity index (χ3n) is 2.22. The van der Waals surface area contributed by atoms with Gasteiger partial charge in [0.05, 0.1) is 12.2 Å². The van der Waals surface area contributed by atoms with Crippen molar-refractivity contribution in [3.05, 3.63) is 34.9 Å². The predicted molar refractivity (Wildman–Crippen MR) is 39.6 cm³/mol. The molecule has 0 saturated carbocycles. The van der Waals surface area contributed by atoms with Crippen molar-refractivity contribution in [1.29, 1.82) is 0 Å². The molecule has 0 radical (unpaired) electrons. The Morgan fingerprint density at radius 1 is 1.14 bits per heavy atom. The molecule has 2 rings (SSSR count). The van der Waals surface area contributed by atoms with Crippen LogP contribution in [0.3, 0.4) is 0 Å². The van der Waals surface area contributed by atoms with Crippen molar-refractivity contribution < 1.29 is 22.3 Å². The van der Waals surface area contributed by atoms with E-state index in [0.717, 1.165) is 0 Å². The summed E-state index contributed by atoms with van der Waals surface area (Å²) in [5, 5.41) is 0. The fraction of sp³-hybridized carbons (Fsp3) is 0.333. The topological polar surface area (TPSA) is 12.5 Å². The second kappa shape index (κ2) is 2.70. The van der Waals surface area contributed by atoms with Gasteiger partial charge in [0.25, 0.3) is 0 Å². The quantitative estimate of drug-likeness (QED) is 0.390. The van der Waals surface area contributed by atoms with Crippen molar-refractivity contribution in [3.8, 4) is 0 Å². The summed E-state index contributed by atoms with van der Waals surface area (Å²) < 4.78 is 56.5. The van der Waals surface area contributed by atoms with Gasteiger partial charge in [0.15, 0.2) is 23.3 Å². The Labute approximate surface area is 77.3 Å². The lowest BCUT2D eigenvalue weighted by Gasteiger charge is -2.09. The third-order valence-corrected chi connectivity index (χ3v) is 2.22. The average molecular weight is 206 g/mol. The summed E-state index contributed by atoms with van der Waals surface area (Å²) in [4.78, 5) is 0. The predicted octanol–water partition coefficient (Wildman–Crippen LogP) is 2.49. The van der Waals surface area contributed by atoms with Gasteiger partial charge in [0.1, 0.15) is 5.60 Å². The number of benzene rings is 1. The number of halogens is 4. The van der Waals surface area contributed by atoms with E-state index in [2.05, 4.69) is 0 Å². The van der Waals surface area contributed by atoms with Crippen molar-refractivity contribution in [3.63, 3.8) is 0 Å². The number of rotatable bonds is 1. The van der Waals surface area contributed by atoms with Crippen LogP contribution in [0.1, 0.15) is 12.5 Å². The van der Waals surface area contributed by atoms with E-state index >= 15 is 0 Å². The molecular weight excluding hydrogens is 200 g/mol. The molecule has 1 fully saturated rings. The normalized spacial score (nSPS) is 25.2. The van der Waals surface area contributed by atoms with Crippen molar-refractivity contribution in [2.45, 2.75) is 12.5 Å². The first-order chi connectivity index (χ1) is 6.46. The Hall–Kier alpha value is -1.10. The molecule has 0 spiro atoms. The molecule has 0 bridgehead atoms. The molecule has 1 unspecified atom stereocenters. The van der Waals surface area contributed by atoms with Gasteiger partial charge in [-0.2, -0.15) is 0 Å². The highest BCUT2D eigenvalue weighted by molar-refractivity contribution is 5.30. The van der Waals surface area contributed by atoms with Gasteiger partial charge in [0, 0.05) is 6.07 Å². The molecule has 1 nitrogen and oxygen atoms in total. The van der Waals surface area contributed by atoms with Crippen LogP contribution in [0.4, 0.5) is 17.6 Å². The van der Waals surface area contributed by atoms with Gasteiger partial charge in [-0.3, -0.25) is 0 Å². The van der Waals surface area contributed by atoms with E-state index in [9.17, 15) is 17.6 Å². The van der Waals surface area contributed by atoms with E-state index in [0.29, 0.717) is 0 Å². The van der Waals surface area contributed by atoms with Crippen LogP contribution in [0.2, 0.25) is 0 Å². The second-order valence-electron chi connectivity index (χ2n) is 3.36. The van der Waals surface area contributed by atoms with Gasteiger partial charge in [-0.1, -0.05) is 0 Å². The van der Waals surface area contributed by atoms with Crippen molar-refractivity contribution in [1.82, 2.24) is 0 Å². The van der Waals surface area contributed by atoms with Crippen LogP contribution >= 0.6 is 0 Å². The van der Waals surface area contributed by atoms with E-state index in [1.165, 1.54) is 6.92 Å². The number of hydrogen-bond donors (Lipinski definition) is 0. The van der Waals surface area contributed by atoms with Gasteiger partial charge in [-0.15, -0.1) is 0 Å². The minimum absolute atomic E-state index is 0.0593. The van der Waals surface area contributed by atoms with Crippen LogP contribution in [0, 0.1) is 23.3 Å². The molecular formula is C9H6F4O. The van der Waals surface area contributed by atoms with Crippen molar-refractivity contribution in [2.75, 3.05) is 6.61 Å². The molecule has 1 heterocycles. The summed E-state index contributed by atoms with van der Waals surface area (Å²) in [6.45, 7) is 1.43. The van der Waals surface area contributed by atoms with Gasteiger partial charge < -0.3 is 4.74 Å². The van der Waals surface area contributed by atoms with Crippen LogP contribution in [0.5, 0.6) is 0 Å². The molecule has 5 heteroatoms. The highest BCUT2D eigenvalue weighted by Gasteiger charge is 2.47. The fourth-order valence-electron chi connectivity index (χ4n) is 1.29. The van der Waals surface area contributed by atoms with Crippen LogP contribution in [0.15, 0.2) is 6.07 Å². The summed E-state index contributed by atoms with van der Waals surface area (Å²) in [5.41, 5.74) is -1.90. The minimum Gasteiger partial charge on any atom is -0.365 e. The van der Waals surface area contributed by atoms with E-state index in [1.54, 1.807) is 0 Å². The Morgan fingerprint density at radius 2 is 1.57 bits per heavy atom. The lowest BCUT2D eigenvalue weighted by Crippen LogP contribution is -2.12. The monoisotopic (exact) mass is 206 g/mol. The molecule has 0 aliphatic carbocycles. The summed E-state index contributed by atoms with van der Waals surface area (Å²) in [6.07, 6.45) is 0. The van der Waals surface area contributed by atoms with Crippen LogP contribution in [-0.4, -0.2) is 6.61 Å². The standard InChI is InChI=1S/C9H6F4O/c1-9(3-14-9)6-7(12)4(10)2-5(11)8(6)13/h2H,3H2,1H3. The SMILES string of the molecule is CC1(c2c(F)c(F)cc(F)c2F)CO1. The summed E-state index contributed by atoms with van der Waals surface area (Å²) >= 11 is 0. The highest BCUT2D eigenvalue weighted by Crippen LogP contribution is 2.41. The molecule has 1 saturated heterocycles. The van der Waals surface area contributed by atoms with E-state index in [1.807, 2.05) is 0 Å². The molecule has 0 N–H and O–H groups in total. The van der Waals surface area contributed by atoms with Crippen LogP contribution in [0.25, 0.3) is 0 Å². The van der Waals surface area contributed by atoms with E-state index in [4.69, 9.17) is 4.74 Å². The number of epoxide rings is 1. The molecule has 0 amide bonds. The maximum absolute atomic E-state index is 13.1. The van der Waals surface area contributed by atoms with Crippen LogP contribution < -0.4 is 0 Å². The van der Waals surface area contributed by atoms with Gasteiger partial charge in [-0.05, 0) is 6.92 Å². The van der Waals surface area contributed by atoms with Crippen molar-refractivity contribution >= 4 is 0 Å². The molecule has 1 aliphatic rings. The largest absolute Gasteiger partial charge is 0.365 e. The molecule has 1 aliphatic heterocycles. The maximum Gasteiger partial charge on any atom is 0.168 e. The Morgan fingerprint density at radius 3 is 1.93 bits per heavy atom. The minimum atomic E-state index is -1.41. The average Bonchev–Trinajstić information content (AvgIpc) is 2.81. The molecule has 14 heavy (non-hydrogen) atoms. The number of ether oxygens (including phenoxy) is 1. The van der Waals surface area contributed by atoms with Crippen molar-refractivity contribution in [2.24, 2.45) is 0 Å². The second-order valence-corrected chi connectivity index (χ2v) is 3.36. The van der Waals surface area contributed by atoms with Gasteiger partial charge in [0.2, 0.25) is 0 Å². The first-order valence-corrected chi connectivity index (χ1v) is 3.93. The van der Waals surface area contributed by atoms with E-state index in [-0.39, 0.29) is 12.7 Å². The lowest BCUT2D eigenvalue weighted by molar-refractivity contribution is 0.302. The van der Waals surface area contributed by atoms with Gasteiger partial charge in [-0.25, -0.2) is 17.6 Å². The third kappa shape index (κ3) is 1.19. The zero-order valence-electron chi connectivity index (χ0n) is 7.20. The first kappa shape index (κ1) is 9.45. The Bertz CT molecular complexity index is 372. The maximum atomic E-state index is 13.1. The zero-order chi connectivity index (χ0) is 10.5. The summed E-state index contributed by atoms with van der Waals surface area (Å²) in [5.74, 6) is -5.58. The Kier molecular flexibility index (Phi) is 1.82. The summed E-state index contributed by atoms with van der Waals surface area (Å²) in [6, 6.07) is 0.180. The number of hydrogen-bond acceptors (Lipinski definition) is 1. The molecule has 1 aromatic carbocycles. The molecule has 0 aromatic heterocycles. The first-order valence-electron chi connectivity index (χ1n) is 3.93. The molecule has 1 aromatic rings. The summed E-state index contributed by atoms with van der Waals surface area (Å²) in [7, 11) is 0. The van der Waals surface area contributed by atoms with E-state index < -0.39 is 34.4 Å². The van der Waals surface area contributed by atoms with Crippen LogP contribution in [-0.2, 0) is 10.3 Å².